The van der Waals surface area contributed by atoms with E-state index >= 15 is 0 Å². The molecule has 0 aromatic heterocycles. The number of ether oxygens (including phenoxy) is 2. The van der Waals surface area contributed by atoms with Crippen LogP contribution in [-0.4, -0.2) is 67.6 Å². The quantitative estimate of drug-likeness (QED) is 0.0461. The maximum atomic E-state index is 14.2. The monoisotopic (exact) mass is 984 g/mol. The molecular weight excluding hydrogens is 921 g/mol. The number of rotatable bonds is 18. The van der Waals surface area contributed by atoms with Crippen LogP contribution in [0.3, 0.4) is 0 Å². The molecule has 0 heterocycles. The molecule has 4 saturated carbocycles. The largest absolute Gasteiger partial charge is 0.507 e. The molecule has 0 spiro atoms. The van der Waals surface area contributed by atoms with E-state index in [4.69, 9.17) is 9.47 Å². The van der Waals surface area contributed by atoms with E-state index < -0.39 is 17.9 Å². The number of esters is 2. The first-order valence-corrected chi connectivity index (χ1v) is 25.2. The number of aromatic hydroxyl groups is 2. The molecule has 4 aromatic rings. The lowest BCUT2D eigenvalue weighted by atomic mass is 9.43. The molecule has 4 aliphatic rings. The summed E-state index contributed by atoms with van der Waals surface area (Å²) in [5, 5.41) is 65.4. The molecule has 9 unspecified atom stereocenters. The molecule has 380 valence electrons. The van der Waals surface area contributed by atoms with Gasteiger partial charge in [-0.05, 0) is 171 Å². The van der Waals surface area contributed by atoms with Crippen LogP contribution in [0, 0.1) is 46.3 Å². The Bertz CT molecular complexity index is 2760. The van der Waals surface area contributed by atoms with E-state index in [-0.39, 0.29) is 112 Å². The Morgan fingerprint density at radius 2 is 1.15 bits per heavy atom. The Balaban J connectivity index is 0.959. The third-order valence-corrected chi connectivity index (χ3v) is 16.9. The second kappa shape index (κ2) is 21.8. The summed E-state index contributed by atoms with van der Waals surface area (Å²) in [7, 11) is 0. The Labute approximate surface area is 418 Å². The molecule has 8 rings (SSSR count). The van der Waals surface area contributed by atoms with Crippen molar-refractivity contribution < 1.29 is 59.0 Å². The number of aromatic carboxylic acids is 2. The number of hydrogen-bond acceptors (Lipinski definition) is 13. The molecule has 10 atom stereocenters. The summed E-state index contributed by atoms with van der Waals surface area (Å²) in [6.45, 7) is 6.99. The second-order valence-electron chi connectivity index (χ2n) is 21.0. The van der Waals surface area contributed by atoms with E-state index in [1.54, 1.807) is 24.3 Å². The van der Waals surface area contributed by atoms with Crippen LogP contribution in [0.4, 0.5) is 22.7 Å². The predicted molar refractivity (Wildman–Crippen MR) is 264 cm³/mol. The molecule has 4 aromatic carbocycles. The number of aliphatic carboxylic acids is 1. The average molecular weight is 985 g/mol. The molecule has 0 bridgehead atoms. The maximum Gasteiger partial charge on any atom is 0.339 e. The average Bonchev–Trinajstić information content (AvgIpc) is 3.71. The molecule has 72 heavy (non-hydrogen) atoms. The first-order chi connectivity index (χ1) is 34.4. The highest BCUT2D eigenvalue weighted by Crippen LogP contribution is 2.69. The zero-order chi connectivity index (χ0) is 51.3. The lowest BCUT2D eigenvalue weighted by Gasteiger charge is -2.62. The molecule has 5 N–H and O–H groups in total. The zero-order valence-electron chi connectivity index (χ0n) is 41.0. The predicted octanol–water partition coefficient (Wildman–Crippen LogP) is 12.5. The van der Waals surface area contributed by atoms with Gasteiger partial charge in [0.2, 0.25) is 0 Å². The van der Waals surface area contributed by atoms with Gasteiger partial charge in [0.15, 0.2) is 0 Å². The van der Waals surface area contributed by atoms with E-state index in [1.165, 1.54) is 36.4 Å². The summed E-state index contributed by atoms with van der Waals surface area (Å²) in [5.41, 5.74) is 2.39. The Kier molecular flexibility index (Phi) is 15.6. The number of phenols is 2. The van der Waals surface area contributed by atoms with E-state index in [1.807, 2.05) is 24.3 Å². The van der Waals surface area contributed by atoms with Crippen LogP contribution in [0.2, 0.25) is 0 Å². The zero-order valence-corrected chi connectivity index (χ0v) is 41.0. The molecule has 0 saturated heterocycles. The molecule has 0 radical (unpaired) electrons. The molecular formula is C56H64N4O12. The number of benzene rings is 4. The normalized spacial score (nSPS) is 27.1. The van der Waals surface area contributed by atoms with Crippen molar-refractivity contribution >= 4 is 52.6 Å². The van der Waals surface area contributed by atoms with Gasteiger partial charge in [-0.2, -0.15) is 20.5 Å². The molecule has 0 aliphatic heterocycles. The number of hydrogen-bond donors (Lipinski definition) is 5. The standard InChI is InChI=1S/C56H64N4O12/c1-32(12-21-49(63)64)41-17-18-42-52-43(25-27-56(41,42)3)55(2)26-24-38(71-50(65)22-13-33-8-4-6-10-44(33)59-57-36-15-19-46(61)39(30-36)53(67)68)28-35(55)29-48(52)72-51(66)23-14-34-9-5-7-11-45(34)60-58-37-16-20-47(62)40(31-37)54(69)70/h4-11,15-16,19-20,30-32,35,38,41-43,48,52,61-62H,12-14,17-18,21-29H2,1-3H3,(H,63,64)(H,67,68)(H,69,70)/t32?,35?,38?,41?,42?,43?,48-,52?,55?,56?/m0/s1. The van der Waals surface area contributed by atoms with Gasteiger partial charge in [0.1, 0.15) is 34.8 Å². The van der Waals surface area contributed by atoms with Gasteiger partial charge in [-0.15, -0.1) is 0 Å². The van der Waals surface area contributed by atoms with Gasteiger partial charge in [-0.3, -0.25) is 14.4 Å². The third kappa shape index (κ3) is 11.2. The van der Waals surface area contributed by atoms with Crippen LogP contribution in [0.25, 0.3) is 0 Å². The van der Waals surface area contributed by atoms with Gasteiger partial charge in [-0.25, -0.2) is 9.59 Å². The number of carboxylic acids is 3. The van der Waals surface area contributed by atoms with Crippen molar-refractivity contribution in [3.05, 3.63) is 107 Å². The highest BCUT2D eigenvalue weighted by molar-refractivity contribution is 5.92. The topological polar surface area (TPSA) is 254 Å². The Hall–Kier alpha value is -6.97. The summed E-state index contributed by atoms with van der Waals surface area (Å²) in [5.74, 6) is -3.31. The number of carbonyl (C=O) groups excluding carboxylic acids is 2. The van der Waals surface area contributed by atoms with Crippen molar-refractivity contribution in [2.45, 2.75) is 123 Å². The third-order valence-electron chi connectivity index (χ3n) is 16.9. The van der Waals surface area contributed by atoms with Crippen LogP contribution in [0.15, 0.2) is 105 Å². The fraction of sp³-hybridized carbons (Fsp3) is 0.482. The highest BCUT2D eigenvalue weighted by atomic mass is 16.5. The Morgan fingerprint density at radius 3 is 1.71 bits per heavy atom. The van der Waals surface area contributed by atoms with Crippen molar-refractivity contribution in [1.29, 1.82) is 0 Å². The van der Waals surface area contributed by atoms with Gasteiger partial charge in [0.05, 0.1) is 22.7 Å². The van der Waals surface area contributed by atoms with Gasteiger partial charge >= 0.3 is 29.8 Å². The van der Waals surface area contributed by atoms with Gasteiger partial charge in [0, 0.05) is 25.2 Å². The summed E-state index contributed by atoms with van der Waals surface area (Å²) < 4.78 is 12.9. The number of azo groups is 2. The maximum absolute atomic E-state index is 14.2. The second-order valence-corrected chi connectivity index (χ2v) is 21.0. The number of carboxylic acid groups (broad SMARTS) is 3. The fourth-order valence-corrected chi connectivity index (χ4v) is 13.2. The smallest absolute Gasteiger partial charge is 0.339 e. The Morgan fingerprint density at radius 1 is 0.625 bits per heavy atom. The highest BCUT2D eigenvalue weighted by Gasteiger charge is 2.64. The summed E-state index contributed by atoms with van der Waals surface area (Å²) in [6, 6.07) is 22.5. The number of nitrogens with zero attached hydrogens (tertiary/aromatic N) is 4. The summed E-state index contributed by atoms with van der Waals surface area (Å²) in [6.07, 6.45) is 7.87. The van der Waals surface area contributed by atoms with Gasteiger partial charge in [0.25, 0.3) is 0 Å². The lowest BCUT2D eigenvalue weighted by molar-refractivity contribution is -0.198. The lowest BCUT2D eigenvalue weighted by Crippen LogP contribution is -2.59. The van der Waals surface area contributed by atoms with E-state index in [0.29, 0.717) is 55.3 Å². The first kappa shape index (κ1) is 51.4. The van der Waals surface area contributed by atoms with Gasteiger partial charge < -0.3 is 35.0 Å². The number of fused-ring (bicyclic) bond motifs is 5. The van der Waals surface area contributed by atoms with Crippen molar-refractivity contribution in [2.75, 3.05) is 0 Å². The minimum atomic E-state index is -1.29. The van der Waals surface area contributed by atoms with Crippen molar-refractivity contribution in [3.63, 3.8) is 0 Å². The van der Waals surface area contributed by atoms with E-state index in [0.717, 1.165) is 49.7 Å². The summed E-state index contributed by atoms with van der Waals surface area (Å²) in [4.78, 5) is 62.5. The first-order valence-electron chi connectivity index (χ1n) is 25.2. The molecule has 0 amide bonds. The van der Waals surface area contributed by atoms with Crippen molar-refractivity contribution in [1.82, 2.24) is 0 Å². The van der Waals surface area contributed by atoms with E-state index in [9.17, 15) is 49.5 Å². The van der Waals surface area contributed by atoms with Crippen LogP contribution < -0.4 is 0 Å². The van der Waals surface area contributed by atoms with Crippen LogP contribution in [0.1, 0.15) is 130 Å². The molecule has 16 heteroatoms. The number of carbonyl (C=O) groups is 5. The molecule has 4 aliphatic carbocycles. The van der Waals surface area contributed by atoms with Crippen LogP contribution in [0.5, 0.6) is 11.5 Å². The fourth-order valence-electron chi connectivity index (χ4n) is 13.2. The number of aryl methyl sites for hydroxylation is 2. The minimum absolute atomic E-state index is 0.0260. The van der Waals surface area contributed by atoms with Crippen LogP contribution in [-0.2, 0) is 36.7 Å². The molecule has 16 nitrogen and oxygen atoms in total. The van der Waals surface area contributed by atoms with Crippen molar-refractivity contribution in [2.24, 2.45) is 66.8 Å². The summed E-state index contributed by atoms with van der Waals surface area (Å²) >= 11 is 0. The van der Waals surface area contributed by atoms with Gasteiger partial charge in [-0.1, -0.05) is 57.2 Å². The molecule has 4 fully saturated rings. The minimum Gasteiger partial charge on any atom is -0.507 e. The van der Waals surface area contributed by atoms with Crippen molar-refractivity contribution in [3.8, 4) is 11.5 Å². The van der Waals surface area contributed by atoms with Crippen LogP contribution >= 0.6 is 0 Å². The van der Waals surface area contributed by atoms with E-state index in [2.05, 4.69) is 41.2 Å². The SMILES string of the molecule is CC(CCC(=O)O)C1CCC2C3C(CCC12C)C1(C)CCC(OC(=O)CCc2ccccc2N=Nc2ccc(O)c(C(=O)O)c2)CC1C[C@@H]3OC(=O)CCc1ccccc1N=Nc1ccc(O)c(C(=O)O)c1.